The van der Waals surface area contributed by atoms with Gasteiger partial charge in [-0.3, -0.25) is 9.78 Å². The Morgan fingerprint density at radius 2 is 2.31 bits per heavy atom. The van der Waals surface area contributed by atoms with Gasteiger partial charge in [0.2, 0.25) is 5.91 Å². The van der Waals surface area contributed by atoms with Gasteiger partial charge in [0.15, 0.2) is 0 Å². The van der Waals surface area contributed by atoms with Crippen molar-refractivity contribution >= 4 is 11.6 Å². The summed E-state index contributed by atoms with van der Waals surface area (Å²) >= 11 is 0. The van der Waals surface area contributed by atoms with Gasteiger partial charge < -0.3 is 5.32 Å². The van der Waals surface area contributed by atoms with E-state index >= 15 is 0 Å². The highest BCUT2D eigenvalue weighted by Crippen LogP contribution is 2.38. The molecule has 3 nitrogen and oxygen atoms in total. The van der Waals surface area contributed by atoms with Crippen molar-refractivity contribution in [2.45, 2.75) is 25.7 Å². The number of hydrogen-bond donors (Lipinski definition) is 1. The summed E-state index contributed by atoms with van der Waals surface area (Å²) in [5.41, 5.74) is 1.92. The van der Waals surface area contributed by atoms with Crippen LogP contribution in [0.1, 0.15) is 31.4 Å². The van der Waals surface area contributed by atoms with E-state index < -0.39 is 0 Å². The molecule has 1 aromatic rings. The number of amides is 1. The van der Waals surface area contributed by atoms with Crippen molar-refractivity contribution < 1.29 is 4.79 Å². The van der Waals surface area contributed by atoms with Gasteiger partial charge in [-0.05, 0) is 25.0 Å². The molecule has 0 radical (unpaired) electrons. The Morgan fingerprint density at radius 1 is 1.54 bits per heavy atom. The van der Waals surface area contributed by atoms with Crippen molar-refractivity contribution in [3.63, 3.8) is 0 Å². The van der Waals surface area contributed by atoms with Gasteiger partial charge in [-0.1, -0.05) is 0 Å². The summed E-state index contributed by atoms with van der Waals surface area (Å²) in [6, 6.07) is 3.89. The number of hydrogen-bond acceptors (Lipinski definition) is 2. The van der Waals surface area contributed by atoms with Gasteiger partial charge in [0.05, 0.1) is 11.9 Å². The molecule has 0 bridgehead atoms. The van der Waals surface area contributed by atoms with Gasteiger partial charge in [0.1, 0.15) is 0 Å². The lowest BCUT2D eigenvalue weighted by Gasteiger charge is -2.01. The first-order valence-corrected chi connectivity index (χ1v) is 4.49. The van der Waals surface area contributed by atoms with Crippen molar-refractivity contribution in [1.82, 2.24) is 4.98 Å². The Balaban J connectivity index is 2.08. The Morgan fingerprint density at radius 3 is 2.77 bits per heavy atom. The number of carbonyl (C=O) groups excluding carboxylic acids is 1. The minimum Gasteiger partial charge on any atom is -0.325 e. The molecule has 3 heteroatoms. The molecule has 0 aromatic carbocycles. The average Bonchev–Trinajstić information content (AvgIpc) is 2.87. The normalized spacial score (nSPS) is 15.5. The molecule has 0 saturated heterocycles. The highest BCUT2D eigenvalue weighted by atomic mass is 16.1. The van der Waals surface area contributed by atoms with Crippen LogP contribution < -0.4 is 5.32 Å². The number of aromatic nitrogens is 1. The number of pyridine rings is 1. The lowest BCUT2D eigenvalue weighted by molar-refractivity contribution is -0.114. The summed E-state index contributed by atoms with van der Waals surface area (Å²) in [5.74, 6) is 0.618. The molecule has 1 fully saturated rings. The van der Waals surface area contributed by atoms with Crippen LogP contribution in [0.2, 0.25) is 0 Å². The van der Waals surface area contributed by atoms with Gasteiger partial charge >= 0.3 is 0 Å². The summed E-state index contributed by atoms with van der Waals surface area (Å²) in [4.78, 5) is 15.0. The first-order valence-electron chi connectivity index (χ1n) is 4.49. The third-order valence-corrected chi connectivity index (χ3v) is 2.10. The smallest absolute Gasteiger partial charge is 0.221 e. The Kier molecular flexibility index (Phi) is 2.00. The van der Waals surface area contributed by atoms with Crippen LogP contribution in [0.4, 0.5) is 5.69 Å². The molecule has 0 atom stereocenters. The van der Waals surface area contributed by atoms with Gasteiger partial charge in [-0.15, -0.1) is 0 Å². The van der Waals surface area contributed by atoms with E-state index in [4.69, 9.17) is 0 Å². The first kappa shape index (κ1) is 8.23. The van der Waals surface area contributed by atoms with E-state index in [2.05, 4.69) is 10.3 Å². The minimum atomic E-state index is -0.0547. The molecule has 0 unspecified atom stereocenters. The topological polar surface area (TPSA) is 42.0 Å². The van der Waals surface area contributed by atoms with Gasteiger partial charge in [-0.2, -0.15) is 0 Å². The van der Waals surface area contributed by atoms with E-state index in [0.717, 1.165) is 11.4 Å². The van der Waals surface area contributed by atoms with Crippen molar-refractivity contribution in [2.75, 3.05) is 5.32 Å². The Hall–Kier alpha value is -1.38. The summed E-state index contributed by atoms with van der Waals surface area (Å²) in [7, 11) is 0. The lowest BCUT2D eigenvalue weighted by Crippen LogP contribution is -2.06. The standard InChI is InChI=1S/C10H12N2O/c1-7(13)12-9-4-5-10(11-6-9)8-2-3-8/h4-6,8H,2-3H2,1H3,(H,12,13). The van der Waals surface area contributed by atoms with Crippen LogP contribution in [0, 0.1) is 0 Å². The lowest BCUT2D eigenvalue weighted by atomic mass is 10.2. The highest BCUT2D eigenvalue weighted by Gasteiger charge is 2.24. The minimum absolute atomic E-state index is 0.0547. The van der Waals surface area contributed by atoms with E-state index in [1.54, 1.807) is 6.20 Å². The summed E-state index contributed by atoms with van der Waals surface area (Å²) in [6.07, 6.45) is 4.23. The molecule has 1 aliphatic carbocycles. The fourth-order valence-corrected chi connectivity index (χ4v) is 1.30. The van der Waals surface area contributed by atoms with E-state index in [0.29, 0.717) is 5.92 Å². The largest absolute Gasteiger partial charge is 0.325 e. The molecule has 1 aromatic heterocycles. The monoisotopic (exact) mass is 176 g/mol. The molecule has 13 heavy (non-hydrogen) atoms. The van der Waals surface area contributed by atoms with Crippen LogP contribution >= 0.6 is 0 Å². The van der Waals surface area contributed by atoms with Crippen LogP contribution in [0.15, 0.2) is 18.3 Å². The van der Waals surface area contributed by atoms with Crippen LogP contribution in [-0.4, -0.2) is 10.9 Å². The maximum Gasteiger partial charge on any atom is 0.221 e. The predicted molar refractivity (Wildman–Crippen MR) is 50.5 cm³/mol. The molecule has 1 heterocycles. The molecular formula is C10H12N2O. The van der Waals surface area contributed by atoms with Crippen molar-refractivity contribution in [3.05, 3.63) is 24.0 Å². The van der Waals surface area contributed by atoms with E-state index in [1.165, 1.54) is 19.8 Å². The molecule has 1 saturated carbocycles. The number of nitrogens with one attached hydrogen (secondary N) is 1. The summed E-state index contributed by atoms with van der Waals surface area (Å²) in [6.45, 7) is 1.49. The molecule has 0 spiro atoms. The van der Waals surface area contributed by atoms with Crippen LogP contribution in [0.25, 0.3) is 0 Å². The fraction of sp³-hybridized carbons (Fsp3) is 0.400. The quantitative estimate of drug-likeness (QED) is 0.748. The van der Waals surface area contributed by atoms with Crippen molar-refractivity contribution in [2.24, 2.45) is 0 Å². The zero-order chi connectivity index (χ0) is 9.26. The van der Waals surface area contributed by atoms with Crippen LogP contribution in [-0.2, 0) is 4.79 Å². The highest BCUT2D eigenvalue weighted by molar-refractivity contribution is 5.88. The predicted octanol–water partition coefficient (Wildman–Crippen LogP) is 1.92. The van der Waals surface area contributed by atoms with Crippen LogP contribution in [0.3, 0.4) is 0 Å². The third kappa shape index (κ3) is 2.05. The summed E-state index contributed by atoms with van der Waals surface area (Å²) < 4.78 is 0. The van der Waals surface area contributed by atoms with Gasteiger partial charge in [-0.25, -0.2) is 0 Å². The van der Waals surface area contributed by atoms with Crippen LogP contribution in [0.5, 0.6) is 0 Å². The molecule has 2 rings (SSSR count). The summed E-state index contributed by atoms with van der Waals surface area (Å²) in [5, 5.41) is 2.69. The van der Waals surface area contributed by atoms with E-state index in [-0.39, 0.29) is 5.91 Å². The number of nitrogens with zero attached hydrogens (tertiary/aromatic N) is 1. The first-order chi connectivity index (χ1) is 6.25. The second-order valence-electron chi connectivity index (χ2n) is 3.43. The second-order valence-corrected chi connectivity index (χ2v) is 3.43. The Bertz CT molecular complexity index is 314. The maximum absolute atomic E-state index is 10.7. The SMILES string of the molecule is CC(=O)Nc1ccc(C2CC2)nc1. The van der Waals surface area contributed by atoms with Gasteiger partial charge in [0, 0.05) is 18.5 Å². The van der Waals surface area contributed by atoms with E-state index in [9.17, 15) is 4.79 Å². The maximum atomic E-state index is 10.7. The fourth-order valence-electron chi connectivity index (χ4n) is 1.30. The number of anilines is 1. The van der Waals surface area contributed by atoms with Crippen molar-refractivity contribution in [3.8, 4) is 0 Å². The third-order valence-electron chi connectivity index (χ3n) is 2.10. The molecule has 68 valence electrons. The second kappa shape index (κ2) is 3.17. The van der Waals surface area contributed by atoms with E-state index in [1.807, 2.05) is 12.1 Å². The zero-order valence-corrected chi connectivity index (χ0v) is 7.58. The molecule has 1 N–H and O–H groups in total. The Labute approximate surface area is 77.2 Å². The molecular weight excluding hydrogens is 164 g/mol. The molecule has 1 amide bonds. The molecule has 0 aliphatic heterocycles. The number of rotatable bonds is 2. The number of carbonyl (C=O) groups is 1. The van der Waals surface area contributed by atoms with Crippen molar-refractivity contribution in [1.29, 1.82) is 0 Å². The molecule has 1 aliphatic rings. The zero-order valence-electron chi connectivity index (χ0n) is 7.58. The van der Waals surface area contributed by atoms with Gasteiger partial charge in [0.25, 0.3) is 0 Å². The average molecular weight is 176 g/mol.